The molecule has 110 valence electrons. The van der Waals surface area contributed by atoms with E-state index in [1.54, 1.807) is 7.11 Å². The summed E-state index contributed by atoms with van der Waals surface area (Å²) in [6, 6.07) is 5.98. The molecular weight excluding hydrogens is 250 g/mol. The van der Waals surface area contributed by atoms with E-state index < -0.39 is 6.10 Å². The zero-order valence-corrected chi connectivity index (χ0v) is 12.4. The van der Waals surface area contributed by atoms with Gasteiger partial charge in [0.15, 0.2) is 0 Å². The molecular formula is C17H25NO2. The second kappa shape index (κ2) is 5.05. The predicted octanol–water partition coefficient (Wildman–Crippen LogP) is 2.80. The lowest BCUT2D eigenvalue weighted by atomic mass is 9.67. The van der Waals surface area contributed by atoms with Crippen molar-refractivity contribution < 1.29 is 9.84 Å². The Labute approximate surface area is 121 Å². The van der Waals surface area contributed by atoms with E-state index in [-0.39, 0.29) is 5.41 Å². The molecule has 2 aliphatic rings. The summed E-state index contributed by atoms with van der Waals surface area (Å²) >= 11 is 0. The Kier molecular flexibility index (Phi) is 3.51. The summed E-state index contributed by atoms with van der Waals surface area (Å²) in [7, 11) is 1.68. The number of methoxy groups -OCH3 is 1. The molecule has 3 heteroatoms. The summed E-state index contributed by atoms with van der Waals surface area (Å²) in [5.41, 5.74) is 8.05. The number of hydrogen-bond acceptors (Lipinski definition) is 3. The first kappa shape index (κ1) is 13.9. The maximum absolute atomic E-state index is 11.0. The van der Waals surface area contributed by atoms with Crippen LogP contribution in [-0.2, 0) is 0 Å². The first-order chi connectivity index (χ1) is 9.60. The fourth-order valence-electron chi connectivity index (χ4n) is 4.59. The van der Waals surface area contributed by atoms with Gasteiger partial charge in [0.1, 0.15) is 5.75 Å². The zero-order chi connectivity index (χ0) is 14.3. The molecule has 2 aliphatic carbocycles. The molecule has 0 saturated heterocycles. The van der Waals surface area contributed by atoms with Crippen LogP contribution < -0.4 is 10.5 Å². The van der Waals surface area contributed by atoms with Gasteiger partial charge in [0.2, 0.25) is 0 Å². The summed E-state index contributed by atoms with van der Waals surface area (Å²) in [4.78, 5) is 0. The highest BCUT2D eigenvalue weighted by Gasteiger charge is 2.54. The average molecular weight is 275 g/mol. The van der Waals surface area contributed by atoms with Crippen molar-refractivity contribution in [1.82, 2.24) is 0 Å². The largest absolute Gasteiger partial charge is 0.496 e. The van der Waals surface area contributed by atoms with Crippen molar-refractivity contribution in [3.8, 4) is 5.75 Å². The van der Waals surface area contributed by atoms with E-state index in [1.807, 2.05) is 25.1 Å². The fraction of sp³-hybridized carbons (Fsp3) is 0.647. The van der Waals surface area contributed by atoms with E-state index in [4.69, 9.17) is 10.5 Å². The van der Waals surface area contributed by atoms with Crippen LogP contribution in [0.4, 0.5) is 0 Å². The Morgan fingerprint density at radius 1 is 1.45 bits per heavy atom. The highest BCUT2D eigenvalue weighted by atomic mass is 16.5. The van der Waals surface area contributed by atoms with Gasteiger partial charge in [-0.1, -0.05) is 12.5 Å². The molecule has 4 atom stereocenters. The summed E-state index contributed by atoms with van der Waals surface area (Å²) in [6.07, 6.45) is 4.44. The van der Waals surface area contributed by atoms with Crippen molar-refractivity contribution in [3.05, 3.63) is 29.3 Å². The molecule has 3 nitrogen and oxygen atoms in total. The van der Waals surface area contributed by atoms with Gasteiger partial charge in [-0.15, -0.1) is 0 Å². The maximum atomic E-state index is 11.0. The van der Waals surface area contributed by atoms with Gasteiger partial charge in [0, 0.05) is 12.0 Å². The monoisotopic (exact) mass is 275 g/mol. The van der Waals surface area contributed by atoms with Crippen molar-refractivity contribution in [3.63, 3.8) is 0 Å². The first-order valence-corrected chi connectivity index (χ1v) is 7.63. The van der Waals surface area contributed by atoms with Crippen LogP contribution in [0.3, 0.4) is 0 Å². The highest BCUT2D eigenvalue weighted by Crippen LogP contribution is 2.60. The average Bonchev–Trinajstić information content (AvgIpc) is 3.07. The third kappa shape index (κ3) is 1.95. The standard InChI is InChI=1S/C17H25NO2/c1-11-7-13(4-6-15(11)20-2)16(19)17(10-18)9-12-3-5-14(17)8-12/h4,6-7,12,14,16,19H,3,5,8-10,18H2,1-2H3. The lowest BCUT2D eigenvalue weighted by Gasteiger charge is -2.41. The molecule has 0 spiro atoms. The Balaban J connectivity index is 1.91. The van der Waals surface area contributed by atoms with E-state index >= 15 is 0 Å². The van der Waals surface area contributed by atoms with Crippen molar-refractivity contribution in [1.29, 1.82) is 0 Å². The van der Waals surface area contributed by atoms with Gasteiger partial charge in [0.25, 0.3) is 0 Å². The molecule has 3 rings (SSSR count). The van der Waals surface area contributed by atoms with Gasteiger partial charge < -0.3 is 15.6 Å². The van der Waals surface area contributed by atoms with Crippen LogP contribution in [0.2, 0.25) is 0 Å². The fourth-order valence-corrected chi connectivity index (χ4v) is 4.59. The van der Waals surface area contributed by atoms with E-state index in [1.165, 1.54) is 19.3 Å². The van der Waals surface area contributed by atoms with Crippen molar-refractivity contribution >= 4 is 0 Å². The van der Waals surface area contributed by atoms with Crippen LogP contribution in [0, 0.1) is 24.2 Å². The quantitative estimate of drug-likeness (QED) is 0.888. The molecule has 4 unspecified atom stereocenters. The number of nitrogens with two attached hydrogens (primary N) is 1. The number of ether oxygens (including phenoxy) is 1. The lowest BCUT2D eigenvalue weighted by molar-refractivity contribution is -0.0130. The van der Waals surface area contributed by atoms with Gasteiger partial charge in [-0.3, -0.25) is 0 Å². The van der Waals surface area contributed by atoms with E-state index in [2.05, 4.69) is 0 Å². The molecule has 0 radical (unpaired) electrons. The van der Waals surface area contributed by atoms with Crippen LogP contribution >= 0.6 is 0 Å². The van der Waals surface area contributed by atoms with Crippen LogP contribution in [0.25, 0.3) is 0 Å². The minimum absolute atomic E-state index is 0.107. The Morgan fingerprint density at radius 2 is 2.25 bits per heavy atom. The number of rotatable bonds is 4. The molecule has 0 heterocycles. The van der Waals surface area contributed by atoms with E-state index in [0.29, 0.717) is 12.5 Å². The molecule has 0 aliphatic heterocycles. The molecule has 1 aromatic rings. The summed E-state index contributed by atoms with van der Waals surface area (Å²) in [6.45, 7) is 2.60. The minimum atomic E-state index is -0.451. The Hall–Kier alpha value is -1.06. The van der Waals surface area contributed by atoms with E-state index in [9.17, 15) is 5.11 Å². The third-order valence-corrected chi connectivity index (χ3v) is 5.68. The van der Waals surface area contributed by atoms with Gasteiger partial charge in [-0.2, -0.15) is 0 Å². The second-order valence-corrected chi connectivity index (χ2v) is 6.65. The van der Waals surface area contributed by atoms with Crippen LogP contribution in [0.5, 0.6) is 5.75 Å². The number of benzene rings is 1. The zero-order valence-electron chi connectivity index (χ0n) is 12.4. The highest BCUT2D eigenvalue weighted by molar-refractivity contribution is 5.38. The molecule has 0 aromatic heterocycles. The van der Waals surface area contributed by atoms with Crippen LogP contribution in [0.15, 0.2) is 18.2 Å². The van der Waals surface area contributed by atoms with Crippen molar-refractivity contribution in [2.45, 2.75) is 38.7 Å². The van der Waals surface area contributed by atoms with Crippen LogP contribution in [0.1, 0.15) is 42.9 Å². The molecule has 20 heavy (non-hydrogen) atoms. The number of aliphatic hydroxyl groups excluding tert-OH is 1. The Bertz CT molecular complexity index is 502. The lowest BCUT2D eigenvalue weighted by Crippen LogP contribution is -2.41. The first-order valence-electron chi connectivity index (χ1n) is 7.63. The predicted molar refractivity (Wildman–Crippen MR) is 79.6 cm³/mol. The molecule has 1 aromatic carbocycles. The number of aryl methyl sites for hydroxylation is 1. The summed E-state index contributed by atoms with van der Waals surface area (Å²) < 4.78 is 5.30. The van der Waals surface area contributed by atoms with Crippen LogP contribution in [-0.4, -0.2) is 18.8 Å². The van der Waals surface area contributed by atoms with Crippen molar-refractivity contribution in [2.24, 2.45) is 23.0 Å². The smallest absolute Gasteiger partial charge is 0.121 e. The molecule has 0 amide bonds. The van der Waals surface area contributed by atoms with Gasteiger partial charge >= 0.3 is 0 Å². The minimum Gasteiger partial charge on any atom is -0.496 e. The molecule has 2 saturated carbocycles. The van der Waals surface area contributed by atoms with E-state index in [0.717, 1.165) is 29.2 Å². The second-order valence-electron chi connectivity index (χ2n) is 6.65. The number of aliphatic hydroxyl groups is 1. The molecule has 2 fully saturated rings. The van der Waals surface area contributed by atoms with Gasteiger partial charge in [0.05, 0.1) is 13.2 Å². The Morgan fingerprint density at radius 3 is 2.75 bits per heavy atom. The van der Waals surface area contributed by atoms with Gasteiger partial charge in [-0.25, -0.2) is 0 Å². The van der Waals surface area contributed by atoms with Crippen molar-refractivity contribution in [2.75, 3.05) is 13.7 Å². The van der Waals surface area contributed by atoms with Gasteiger partial charge in [-0.05, 0) is 61.3 Å². The third-order valence-electron chi connectivity index (χ3n) is 5.68. The number of hydrogen-bond donors (Lipinski definition) is 2. The molecule has 3 N–H and O–H groups in total. The normalized spacial score (nSPS) is 33.4. The molecule has 2 bridgehead atoms. The number of fused-ring (bicyclic) bond motifs is 2. The maximum Gasteiger partial charge on any atom is 0.121 e. The summed E-state index contributed by atoms with van der Waals surface area (Å²) in [5, 5.41) is 11.0. The topological polar surface area (TPSA) is 55.5 Å². The summed E-state index contributed by atoms with van der Waals surface area (Å²) in [5.74, 6) is 2.24. The SMILES string of the molecule is COc1ccc(C(O)C2(CN)CC3CCC2C3)cc1C.